The highest BCUT2D eigenvalue weighted by Gasteiger charge is 2.71. The number of rotatable bonds is 7. The lowest BCUT2D eigenvalue weighted by molar-refractivity contribution is -0.955. The van der Waals surface area contributed by atoms with Crippen LogP contribution in [0.25, 0.3) is 0 Å². The molecular weight excluding hydrogens is 292 g/mol. The summed E-state index contributed by atoms with van der Waals surface area (Å²) in [6, 6.07) is 6.87. The summed E-state index contributed by atoms with van der Waals surface area (Å²) >= 11 is 0. The van der Waals surface area contributed by atoms with Crippen LogP contribution in [0.1, 0.15) is 5.56 Å². The molecule has 0 aliphatic carbocycles. The van der Waals surface area contributed by atoms with Crippen LogP contribution in [0.15, 0.2) is 30.3 Å². The van der Waals surface area contributed by atoms with E-state index in [1.165, 1.54) is 30.3 Å². The molecule has 1 rings (SSSR count). The summed E-state index contributed by atoms with van der Waals surface area (Å²) in [6.07, 6.45) is -1.06. The second-order valence-corrected chi connectivity index (χ2v) is 3.81. The van der Waals surface area contributed by atoms with Gasteiger partial charge in [-0.2, -0.15) is 0 Å². The van der Waals surface area contributed by atoms with Gasteiger partial charge in [0.25, 0.3) is 5.12 Å². The maximum Gasteiger partial charge on any atom is 0.508 e. The van der Waals surface area contributed by atoms with Crippen molar-refractivity contribution < 1.29 is 24.9 Å². The summed E-state index contributed by atoms with van der Waals surface area (Å²) in [5, 5.41) is 37.0. The minimum atomic E-state index is -3.56. The maximum atomic E-state index is 11.2. The third kappa shape index (κ3) is 2.83. The second kappa shape index (κ2) is 5.77. The van der Waals surface area contributed by atoms with E-state index >= 15 is 0 Å². The summed E-state index contributed by atoms with van der Waals surface area (Å²) in [5.41, 5.74) is -3.54. The third-order valence-corrected chi connectivity index (χ3v) is 2.58. The van der Waals surface area contributed by atoms with E-state index in [4.69, 9.17) is 5.11 Å². The van der Waals surface area contributed by atoms with Crippen molar-refractivity contribution in [3.8, 4) is 0 Å². The van der Waals surface area contributed by atoms with E-state index in [9.17, 15) is 35.1 Å². The molecule has 0 radical (unpaired) electrons. The molecule has 1 N–H and O–H groups in total. The average molecular weight is 300 g/mol. The van der Waals surface area contributed by atoms with Crippen LogP contribution >= 0.6 is 0 Å². The number of benzene rings is 1. The largest absolute Gasteiger partial charge is 0.508 e. The van der Waals surface area contributed by atoms with E-state index in [2.05, 4.69) is 0 Å². The van der Waals surface area contributed by atoms with Crippen LogP contribution in [0.3, 0.4) is 0 Å². The van der Waals surface area contributed by atoms with Gasteiger partial charge in [0.1, 0.15) is 0 Å². The fourth-order valence-corrected chi connectivity index (χ4v) is 1.66. The van der Waals surface area contributed by atoms with Crippen LogP contribution in [0.5, 0.6) is 0 Å². The van der Waals surface area contributed by atoms with Gasteiger partial charge in [0, 0.05) is 0 Å². The Hall–Kier alpha value is -3.31. The lowest BCUT2D eigenvalue weighted by Gasteiger charge is -2.19. The number of carboxylic acid groups (broad SMARTS) is 1. The van der Waals surface area contributed by atoms with E-state index in [1.54, 1.807) is 0 Å². The standard InChI is InChI=1S/C9H8N4O8/c14-8(15)9(11(16)17,10(12(18)19)13(20)21)6-7-4-2-1-3-5-7/h1-5H,6H2,(H,14,15)/t9-/m1/s1. The number of nitro groups is 3. The molecule has 0 saturated carbocycles. The van der Waals surface area contributed by atoms with Gasteiger partial charge in [-0.3, -0.25) is 10.1 Å². The molecule has 112 valence electrons. The Bertz CT molecular complexity index is 561. The van der Waals surface area contributed by atoms with Gasteiger partial charge in [0.05, 0.1) is 11.3 Å². The molecule has 21 heavy (non-hydrogen) atoms. The molecule has 0 fully saturated rings. The van der Waals surface area contributed by atoms with Gasteiger partial charge in [-0.1, -0.05) is 30.3 Å². The molecule has 0 aliphatic rings. The molecule has 0 aromatic heterocycles. The van der Waals surface area contributed by atoms with Gasteiger partial charge >= 0.3 is 11.6 Å². The summed E-state index contributed by atoms with van der Waals surface area (Å²) in [7, 11) is 0. The molecule has 0 aliphatic heterocycles. The smallest absolute Gasteiger partial charge is 0.474 e. The fourth-order valence-electron chi connectivity index (χ4n) is 1.66. The minimum absolute atomic E-state index is 0.0188. The van der Waals surface area contributed by atoms with Crippen LogP contribution in [0, 0.1) is 30.3 Å². The van der Waals surface area contributed by atoms with Crippen LogP contribution < -0.4 is 0 Å². The molecule has 0 spiro atoms. The molecular formula is C9H8N4O8. The molecule has 0 bridgehead atoms. The summed E-state index contributed by atoms with van der Waals surface area (Å²) in [5.74, 6) is -2.32. The highest BCUT2D eigenvalue weighted by atomic mass is 16.8. The molecule has 1 aromatic rings. The first-order chi connectivity index (χ1) is 9.73. The van der Waals surface area contributed by atoms with Gasteiger partial charge in [-0.15, -0.1) is 0 Å². The van der Waals surface area contributed by atoms with Gasteiger partial charge in [-0.25, -0.2) is 25.0 Å². The molecule has 1 aromatic carbocycles. The lowest BCUT2D eigenvalue weighted by Crippen LogP contribution is -2.65. The number of nitrogens with zero attached hydrogens (tertiary/aromatic N) is 4. The minimum Gasteiger partial charge on any atom is -0.474 e. The fraction of sp³-hybridized carbons (Fsp3) is 0.222. The number of hydrogen-bond donors (Lipinski definition) is 1. The van der Waals surface area contributed by atoms with Crippen molar-refractivity contribution in [3.05, 3.63) is 66.2 Å². The third-order valence-electron chi connectivity index (χ3n) is 2.58. The summed E-state index contributed by atoms with van der Waals surface area (Å²) in [4.78, 5) is 42.2. The Morgan fingerprint density at radius 3 is 1.90 bits per heavy atom. The van der Waals surface area contributed by atoms with Crippen molar-refractivity contribution in [2.24, 2.45) is 0 Å². The number of carbonyl (C=O) groups is 1. The van der Waals surface area contributed by atoms with Gasteiger partial charge in [-0.05, 0) is 5.56 Å². The number of carboxylic acids is 1. The van der Waals surface area contributed by atoms with Crippen molar-refractivity contribution in [2.45, 2.75) is 12.1 Å². The predicted molar refractivity (Wildman–Crippen MR) is 63.3 cm³/mol. The zero-order valence-electron chi connectivity index (χ0n) is 10.2. The Kier molecular flexibility index (Phi) is 4.32. The molecule has 12 nitrogen and oxygen atoms in total. The molecule has 1 atom stereocenters. The van der Waals surface area contributed by atoms with Crippen LogP contribution in [0.2, 0.25) is 0 Å². The van der Waals surface area contributed by atoms with E-state index < -0.39 is 38.2 Å². The van der Waals surface area contributed by atoms with Gasteiger partial charge in [0.15, 0.2) is 0 Å². The molecule has 0 heterocycles. The molecule has 0 amide bonds. The van der Waals surface area contributed by atoms with Gasteiger partial charge < -0.3 is 5.11 Å². The first-order valence-electron chi connectivity index (χ1n) is 5.24. The normalized spacial score (nSPS) is 13.0. The monoisotopic (exact) mass is 300 g/mol. The first kappa shape index (κ1) is 15.7. The quantitative estimate of drug-likeness (QED) is 0.412. The van der Waals surface area contributed by atoms with Crippen molar-refractivity contribution in [3.63, 3.8) is 0 Å². The van der Waals surface area contributed by atoms with E-state index in [0.717, 1.165) is 0 Å². The maximum absolute atomic E-state index is 11.2. The highest BCUT2D eigenvalue weighted by molar-refractivity contribution is 5.76. The van der Waals surface area contributed by atoms with Gasteiger partial charge in [0.2, 0.25) is 10.1 Å². The van der Waals surface area contributed by atoms with Crippen molar-refractivity contribution in [1.29, 1.82) is 0 Å². The number of aliphatic carboxylic acids is 1. The van der Waals surface area contributed by atoms with E-state index in [0.29, 0.717) is 0 Å². The van der Waals surface area contributed by atoms with Crippen molar-refractivity contribution in [2.75, 3.05) is 0 Å². The number of hydrazine groups is 2. The highest BCUT2D eigenvalue weighted by Crippen LogP contribution is 2.23. The van der Waals surface area contributed by atoms with E-state index in [-0.39, 0.29) is 5.56 Å². The first-order valence-corrected chi connectivity index (χ1v) is 5.24. The summed E-state index contributed by atoms with van der Waals surface area (Å²) in [6.45, 7) is 0. The van der Waals surface area contributed by atoms with Crippen LogP contribution in [0.4, 0.5) is 0 Å². The predicted octanol–water partition coefficient (Wildman–Crippen LogP) is -0.0279. The van der Waals surface area contributed by atoms with Crippen molar-refractivity contribution in [1.82, 2.24) is 5.12 Å². The Balaban J connectivity index is 3.48. The molecule has 0 saturated heterocycles. The second-order valence-electron chi connectivity index (χ2n) is 3.81. The zero-order chi connectivity index (χ0) is 16.2. The van der Waals surface area contributed by atoms with Crippen LogP contribution in [-0.4, -0.2) is 36.8 Å². The topological polar surface area (TPSA) is 170 Å². The summed E-state index contributed by atoms with van der Waals surface area (Å²) < 4.78 is 0. The van der Waals surface area contributed by atoms with Crippen LogP contribution in [-0.2, 0) is 11.2 Å². The zero-order valence-corrected chi connectivity index (χ0v) is 10.2. The Morgan fingerprint density at radius 1 is 1.10 bits per heavy atom. The molecule has 0 unspecified atom stereocenters. The Morgan fingerprint density at radius 2 is 1.57 bits per heavy atom. The van der Waals surface area contributed by atoms with Crippen molar-refractivity contribution >= 4 is 5.97 Å². The molecule has 12 heteroatoms. The number of hydrogen-bond acceptors (Lipinski definition) is 7. The average Bonchev–Trinajstić information content (AvgIpc) is 2.37. The van der Waals surface area contributed by atoms with E-state index in [1.807, 2.05) is 0 Å². The SMILES string of the molecule is O=C(O)[C@](Cc1ccccc1)(N([N+](=O)[O-])[N+](=O)[O-])[N+](=O)[O-]. The lowest BCUT2D eigenvalue weighted by atomic mass is 10.0. The Labute approximate surface area is 115 Å².